The van der Waals surface area contributed by atoms with E-state index in [1.54, 1.807) is 25.6 Å². The molecule has 140 valence electrons. The van der Waals surface area contributed by atoms with Crippen LogP contribution in [0, 0.1) is 0 Å². The van der Waals surface area contributed by atoms with Crippen molar-refractivity contribution in [3.05, 3.63) is 42.2 Å². The van der Waals surface area contributed by atoms with E-state index in [-0.39, 0.29) is 18.4 Å². The van der Waals surface area contributed by atoms with Gasteiger partial charge in [-0.1, -0.05) is 0 Å². The second-order valence-corrected chi connectivity index (χ2v) is 5.52. The van der Waals surface area contributed by atoms with Crippen molar-refractivity contribution < 1.29 is 13.9 Å². The van der Waals surface area contributed by atoms with Crippen LogP contribution in [-0.4, -0.2) is 44.7 Å². The third-order valence-corrected chi connectivity index (χ3v) is 3.57. The smallest absolute Gasteiger partial charge is 0.303 e. The maximum Gasteiger partial charge on any atom is 0.303 e. The van der Waals surface area contributed by atoms with Crippen LogP contribution in [0.15, 0.2) is 35.1 Å². The molecule has 10 heteroatoms. The van der Waals surface area contributed by atoms with Crippen molar-refractivity contribution in [3.8, 4) is 11.5 Å². The summed E-state index contributed by atoms with van der Waals surface area (Å²) < 4.78 is 10.3. The van der Waals surface area contributed by atoms with Crippen LogP contribution in [0.1, 0.15) is 18.4 Å². The molecular weight excluding hydrogens is 350 g/mol. The number of hydrogen-bond donors (Lipinski definition) is 2. The van der Waals surface area contributed by atoms with Crippen LogP contribution >= 0.6 is 0 Å². The predicted molar refractivity (Wildman–Crippen MR) is 96.8 cm³/mol. The Kier molecular flexibility index (Phi) is 5.87. The number of nitrogens with zero attached hydrogens (tertiary/aromatic N) is 5. The molecule has 27 heavy (non-hydrogen) atoms. The van der Waals surface area contributed by atoms with Crippen LogP contribution in [0.3, 0.4) is 0 Å². The lowest BCUT2D eigenvalue weighted by atomic mass is 10.2. The van der Waals surface area contributed by atoms with Crippen LogP contribution < -0.4 is 10.6 Å². The van der Waals surface area contributed by atoms with Gasteiger partial charge in [0.1, 0.15) is 5.82 Å². The number of aromatic nitrogens is 5. The highest BCUT2D eigenvalue weighted by atomic mass is 16.5. The first kappa shape index (κ1) is 18.2. The second-order valence-electron chi connectivity index (χ2n) is 5.52. The first-order valence-electron chi connectivity index (χ1n) is 8.29. The molecule has 0 aromatic carbocycles. The van der Waals surface area contributed by atoms with E-state index in [4.69, 9.17) is 9.15 Å². The minimum atomic E-state index is -0.420. The largest absolute Gasteiger partial charge is 0.456 e. The summed E-state index contributed by atoms with van der Waals surface area (Å²) in [4.78, 5) is 23.6. The van der Waals surface area contributed by atoms with Gasteiger partial charge in [0.15, 0.2) is 6.61 Å². The minimum absolute atomic E-state index is 0.0767. The van der Waals surface area contributed by atoms with Crippen LogP contribution in [0.25, 0.3) is 11.5 Å². The molecule has 0 fully saturated rings. The van der Waals surface area contributed by atoms with Gasteiger partial charge in [-0.15, -0.1) is 10.2 Å². The van der Waals surface area contributed by atoms with Crippen molar-refractivity contribution in [1.82, 2.24) is 25.1 Å². The summed E-state index contributed by atoms with van der Waals surface area (Å²) in [6.07, 6.45) is 5.95. The Labute approximate surface area is 155 Å². The average molecular weight is 369 g/mol. The lowest BCUT2D eigenvalue weighted by Crippen LogP contribution is -2.09. The number of nitrogens with one attached hydrogen (secondary N) is 2. The third kappa shape index (κ3) is 4.97. The number of pyridine rings is 1. The zero-order chi connectivity index (χ0) is 19.1. The molecule has 10 nitrogen and oxygen atoms in total. The predicted octanol–water partition coefficient (Wildman–Crippen LogP) is 1.68. The number of rotatable bonds is 8. The fraction of sp³-hybridized carbons (Fsp3) is 0.294. The number of hydrogen-bond acceptors (Lipinski definition) is 10. The molecule has 0 bridgehead atoms. The average Bonchev–Trinajstić information content (AvgIpc) is 3.16. The van der Waals surface area contributed by atoms with E-state index >= 15 is 0 Å². The Hall–Kier alpha value is -3.56. The van der Waals surface area contributed by atoms with Gasteiger partial charge in [0.2, 0.25) is 5.95 Å². The van der Waals surface area contributed by atoms with E-state index in [0.717, 1.165) is 6.42 Å². The fourth-order valence-corrected chi connectivity index (χ4v) is 2.27. The molecule has 0 aliphatic rings. The standard InChI is InChI=1S/C17H19N7O3/c1-11(25)26-10-14-23-24-16(27-14)13-9-21-17(22-15(13)18-2)20-8-5-12-3-6-19-7-4-12/h3-4,6-7,9H,5,8,10H2,1-2H3,(H2,18,20,21,22). The molecule has 0 radical (unpaired) electrons. The summed E-state index contributed by atoms with van der Waals surface area (Å²) in [5, 5.41) is 14.0. The molecule has 3 aromatic rings. The third-order valence-electron chi connectivity index (χ3n) is 3.57. The van der Waals surface area contributed by atoms with Gasteiger partial charge in [-0.3, -0.25) is 9.78 Å². The monoisotopic (exact) mass is 369 g/mol. The normalized spacial score (nSPS) is 10.4. The topological polar surface area (TPSA) is 128 Å². The molecular formula is C17H19N7O3. The lowest BCUT2D eigenvalue weighted by molar-refractivity contribution is -0.142. The van der Waals surface area contributed by atoms with E-state index in [1.807, 2.05) is 12.1 Å². The molecule has 2 N–H and O–H groups in total. The van der Waals surface area contributed by atoms with Gasteiger partial charge in [-0.2, -0.15) is 4.98 Å². The Morgan fingerprint density at radius 1 is 1.26 bits per heavy atom. The molecule has 0 aliphatic carbocycles. The Morgan fingerprint density at radius 2 is 2.07 bits per heavy atom. The van der Waals surface area contributed by atoms with Crippen molar-refractivity contribution in [2.24, 2.45) is 0 Å². The van der Waals surface area contributed by atoms with Gasteiger partial charge in [-0.25, -0.2) is 4.98 Å². The maximum absolute atomic E-state index is 10.9. The van der Waals surface area contributed by atoms with E-state index in [9.17, 15) is 4.79 Å². The highest BCUT2D eigenvalue weighted by Crippen LogP contribution is 2.25. The Bertz CT molecular complexity index is 899. The number of carbonyl (C=O) groups is 1. The van der Waals surface area contributed by atoms with Gasteiger partial charge in [0.05, 0.1) is 5.56 Å². The summed E-state index contributed by atoms with van der Waals surface area (Å²) in [6.45, 7) is 1.91. The van der Waals surface area contributed by atoms with E-state index < -0.39 is 5.97 Å². The zero-order valence-electron chi connectivity index (χ0n) is 15.0. The van der Waals surface area contributed by atoms with E-state index in [2.05, 4.69) is 35.8 Å². The number of carbonyl (C=O) groups excluding carboxylic acids is 1. The number of esters is 1. The summed E-state index contributed by atoms with van der Waals surface area (Å²) in [6, 6.07) is 3.93. The van der Waals surface area contributed by atoms with Crippen molar-refractivity contribution in [3.63, 3.8) is 0 Å². The number of anilines is 2. The number of ether oxygens (including phenoxy) is 1. The summed E-state index contributed by atoms with van der Waals surface area (Å²) in [5.41, 5.74) is 1.73. The molecule has 0 unspecified atom stereocenters. The lowest BCUT2D eigenvalue weighted by Gasteiger charge is -2.09. The zero-order valence-corrected chi connectivity index (χ0v) is 15.0. The van der Waals surface area contributed by atoms with Gasteiger partial charge < -0.3 is 19.8 Å². The van der Waals surface area contributed by atoms with Crippen LogP contribution in [0.4, 0.5) is 11.8 Å². The van der Waals surface area contributed by atoms with E-state index in [1.165, 1.54) is 12.5 Å². The Balaban J connectivity index is 1.66. The molecule has 0 saturated heterocycles. The van der Waals surface area contributed by atoms with Crippen molar-refractivity contribution in [2.75, 3.05) is 24.2 Å². The first-order valence-corrected chi connectivity index (χ1v) is 8.29. The molecule has 0 amide bonds. The fourth-order valence-electron chi connectivity index (χ4n) is 2.27. The quantitative estimate of drug-likeness (QED) is 0.566. The van der Waals surface area contributed by atoms with Crippen molar-refractivity contribution in [2.45, 2.75) is 20.0 Å². The molecule has 0 saturated carbocycles. The molecule has 3 aromatic heterocycles. The summed E-state index contributed by atoms with van der Waals surface area (Å²) in [7, 11) is 1.74. The highest BCUT2D eigenvalue weighted by Gasteiger charge is 2.15. The minimum Gasteiger partial charge on any atom is -0.456 e. The molecule has 3 heterocycles. The first-order chi connectivity index (χ1) is 13.2. The van der Waals surface area contributed by atoms with Gasteiger partial charge >= 0.3 is 5.97 Å². The second kappa shape index (κ2) is 8.70. The van der Waals surface area contributed by atoms with Gasteiger partial charge in [-0.05, 0) is 24.1 Å². The molecule has 3 rings (SSSR count). The van der Waals surface area contributed by atoms with E-state index in [0.29, 0.717) is 23.9 Å². The van der Waals surface area contributed by atoms with Crippen molar-refractivity contribution >= 4 is 17.7 Å². The molecule has 0 atom stereocenters. The summed E-state index contributed by atoms with van der Waals surface area (Å²) >= 11 is 0. The Morgan fingerprint density at radius 3 is 2.81 bits per heavy atom. The van der Waals surface area contributed by atoms with Crippen LogP contribution in [0.2, 0.25) is 0 Å². The van der Waals surface area contributed by atoms with Crippen LogP contribution in [0.5, 0.6) is 0 Å². The maximum atomic E-state index is 10.9. The summed E-state index contributed by atoms with van der Waals surface area (Å²) in [5.74, 6) is 1.04. The SMILES string of the molecule is CNc1nc(NCCc2ccncc2)ncc1-c1nnc(COC(C)=O)o1. The molecule has 0 aliphatic heterocycles. The van der Waals surface area contributed by atoms with Gasteiger partial charge in [0.25, 0.3) is 11.8 Å². The van der Waals surface area contributed by atoms with Gasteiger partial charge in [0, 0.05) is 39.1 Å². The van der Waals surface area contributed by atoms with Crippen molar-refractivity contribution in [1.29, 1.82) is 0 Å². The van der Waals surface area contributed by atoms with Crippen LogP contribution in [-0.2, 0) is 22.6 Å². The highest BCUT2D eigenvalue weighted by molar-refractivity contribution is 5.69. The molecule has 0 spiro atoms.